The van der Waals surface area contributed by atoms with Crippen LogP contribution >= 0.6 is 0 Å². The molecule has 5 rings (SSSR count). The van der Waals surface area contributed by atoms with E-state index < -0.39 is 17.7 Å². The molecule has 196 valence electrons. The zero-order chi connectivity index (χ0) is 26.1. The van der Waals surface area contributed by atoms with Crippen molar-refractivity contribution in [3.63, 3.8) is 0 Å². The molecule has 0 aliphatic carbocycles. The zero-order valence-corrected chi connectivity index (χ0v) is 21.1. The standard InChI is InChI=1S/C27H30N2O8/c1-33-17-8-6-7-16(13-17)22(30)20-21(29(27(32)23(20)31)12-11-28-9-4-5-10-28)18-14-19(34-2)25-26(24(18)35-3)37-15-36-25/h6-8,13-14,21,30H,4-5,9-12,15H2,1-3H3/t21-/m1/s1. The number of amides is 1. The Morgan fingerprint density at radius 1 is 1.00 bits per heavy atom. The van der Waals surface area contributed by atoms with Gasteiger partial charge in [-0.2, -0.15) is 0 Å². The third kappa shape index (κ3) is 4.31. The molecule has 3 heterocycles. The summed E-state index contributed by atoms with van der Waals surface area (Å²) in [6.45, 7) is 2.76. The number of benzene rings is 2. The monoisotopic (exact) mass is 510 g/mol. The third-order valence-corrected chi connectivity index (χ3v) is 7.05. The van der Waals surface area contributed by atoms with Crippen LogP contribution in [0.2, 0.25) is 0 Å². The maximum absolute atomic E-state index is 13.5. The van der Waals surface area contributed by atoms with Crippen molar-refractivity contribution in [3.8, 4) is 28.7 Å². The van der Waals surface area contributed by atoms with Gasteiger partial charge in [0.2, 0.25) is 18.3 Å². The molecule has 0 spiro atoms. The van der Waals surface area contributed by atoms with E-state index in [4.69, 9.17) is 23.7 Å². The molecule has 1 amide bonds. The summed E-state index contributed by atoms with van der Waals surface area (Å²) in [5.41, 5.74) is 0.765. The molecular formula is C27H30N2O8. The minimum atomic E-state index is -0.938. The number of carbonyl (C=O) groups excluding carboxylic acids is 2. The molecule has 37 heavy (non-hydrogen) atoms. The number of fused-ring (bicyclic) bond motifs is 1. The number of nitrogens with zero attached hydrogens (tertiary/aromatic N) is 2. The molecule has 2 fully saturated rings. The quantitative estimate of drug-likeness (QED) is 0.326. The summed E-state index contributed by atoms with van der Waals surface area (Å²) in [4.78, 5) is 30.6. The van der Waals surface area contributed by atoms with Crippen molar-refractivity contribution < 1.29 is 38.4 Å². The lowest BCUT2D eigenvalue weighted by Crippen LogP contribution is -2.37. The predicted octanol–water partition coefficient (Wildman–Crippen LogP) is 2.96. The molecule has 1 N–H and O–H groups in total. The molecule has 0 radical (unpaired) electrons. The van der Waals surface area contributed by atoms with Crippen LogP contribution in [0.1, 0.15) is 30.0 Å². The Morgan fingerprint density at radius 3 is 2.46 bits per heavy atom. The van der Waals surface area contributed by atoms with Crippen molar-refractivity contribution in [2.75, 3.05) is 54.3 Å². The number of hydrogen-bond acceptors (Lipinski definition) is 9. The second-order valence-electron chi connectivity index (χ2n) is 9.04. The number of aliphatic hydroxyl groups excluding tert-OH is 1. The predicted molar refractivity (Wildman–Crippen MR) is 133 cm³/mol. The Labute approximate surface area is 214 Å². The average molecular weight is 511 g/mol. The Morgan fingerprint density at radius 2 is 1.76 bits per heavy atom. The van der Waals surface area contributed by atoms with Crippen LogP contribution in [0.5, 0.6) is 28.7 Å². The fourth-order valence-electron chi connectivity index (χ4n) is 5.21. The molecule has 2 saturated heterocycles. The summed E-state index contributed by atoms with van der Waals surface area (Å²) in [5, 5.41) is 11.4. The lowest BCUT2D eigenvalue weighted by Gasteiger charge is -2.29. The highest BCUT2D eigenvalue weighted by Gasteiger charge is 2.48. The summed E-state index contributed by atoms with van der Waals surface area (Å²) in [7, 11) is 4.49. The number of carbonyl (C=O) groups is 2. The summed E-state index contributed by atoms with van der Waals surface area (Å²) in [5.74, 6) is 0.125. The van der Waals surface area contributed by atoms with Gasteiger partial charge < -0.3 is 38.6 Å². The third-order valence-electron chi connectivity index (χ3n) is 7.05. The summed E-state index contributed by atoms with van der Waals surface area (Å²) in [6, 6.07) is 7.44. The van der Waals surface area contributed by atoms with Crippen LogP contribution in [-0.4, -0.2) is 80.9 Å². The molecule has 0 saturated carbocycles. The van der Waals surface area contributed by atoms with Crippen LogP contribution in [0, 0.1) is 0 Å². The van der Waals surface area contributed by atoms with Crippen molar-refractivity contribution in [2.24, 2.45) is 0 Å². The maximum atomic E-state index is 13.5. The molecule has 10 heteroatoms. The van der Waals surface area contributed by atoms with Crippen LogP contribution in [0.4, 0.5) is 0 Å². The molecule has 3 aliphatic heterocycles. The molecule has 0 aromatic heterocycles. The Kier molecular flexibility index (Phi) is 6.84. The van der Waals surface area contributed by atoms with Crippen molar-refractivity contribution in [1.29, 1.82) is 0 Å². The van der Waals surface area contributed by atoms with Gasteiger partial charge in [0.25, 0.3) is 11.7 Å². The van der Waals surface area contributed by atoms with Crippen molar-refractivity contribution in [2.45, 2.75) is 18.9 Å². The highest BCUT2D eigenvalue weighted by Crippen LogP contribution is 2.54. The fourth-order valence-corrected chi connectivity index (χ4v) is 5.21. The highest BCUT2D eigenvalue weighted by molar-refractivity contribution is 6.46. The highest BCUT2D eigenvalue weighted by atomic mass is 16.7. The van der Waals surface area contributed by atoms with E-state index in [0.717, 1.165) is 25.9 Å². The summed E-state index contributed by atoms with van der Waals surface area (Å²) < 4.78 is 27.8. The van der Waals surface area contributed by atoms with Crippen molar-refractivity contribution >= 4 is 17.4 Å². The first-order valence-corrected chi connectivity index (χ1v) is 12.2. The number of aliphatic hydroxyl groups is 1. The van der Waals surface area contributed by atoms with Gasteiger partial charge in [-0.3, -0.25) is 9.59 Å². The van der Waals surface area contributed by atoms with Crippen LogP contribution in [0.15, 0.2) is 35.9 Å². The molecule has 10 nitrogen and oxygen atoms in total. The van der Waals surface area contributed by atoms with E-state index >= 15 is 0 Å². The Balaban J connectivity index is 1.68. The second-order valence-corrected chi connectivity index (χ2v) is 9.04. The van der Waals surface area contributed by atoms with E-state index in [2.05, 4.69) is 4.90 Å². The van der Waals surface area contributed by atoms with E-state index in [1.165, 1.54) is 26.2 Å². The van der Waals surface area contributed by atoms with Gasteiger partial charge in [-0.1, -0.05) is 12.1 Å². The summed E-state index contributed by atoms with van der Waals surface area (Å²) in [6.07, 6.45) is 2.20. The average Bonchev–Trinajstić information content (AvgIpc) is 3.67. The van der Waals surface area contributed by atoms with Crippen LogP contribution in [0.25, 0.3) is 5.76 Å². The summed E-state index contributed by atoms with van der Waals surface area (Å²) >= 11 is 0. The van der Waals surface area contributed by atoms with Gasteiger partial charge >= 0.3 is 0 Å². The lowest BCUT2D eigenvalue weighted by atomic mass is 9.93. The SMILES string of the molecule is COc1cccc(C(O)=C2C(=O)C(=O)N(CCN3CCCC3)[C@@H]2c2cc(OC)c3c(c2OC)OCO3)c1. The van der Waals surface area contributed by atoms with Gasteiger partial charge in [-0.15, -0.1) is 0 Å². The zero-order valence-electron chi connectivity index (χ0n) is 21.1. The number of methoxy groups -OCH3 is 3. The molecule has 0 bridgehead atoms. The van der Waals surface area contributed by atoms with Gasteiger partial charge in [0.05, 0.1) is 32.9 Å². The number of ether oxygens (including phenoxy) is 5. The van der Waals surface area contributed by atoms with E-state index in [1.807, 2.05) is 0 Å². The van der Waals surface area contributed by atoms with E-state index in [9.17, 15) is 14.7 Å². The van der Waals surface area contributed by atoms with Crippen molar-refractivity contribution in [1.82, 2.24) is 9.80 Å². The fraction of sp³-hybridized carbons (Fsp3) is 0.407. The first kappa shape index (κ1) is 24.8. The minimum absolute atomic E-state index is 0.0233. The first-order chi connectivity index (χ1) is 18.0. The van der Waals surface area contributed by atoms with Gasteiger partial charge in [-0.25, -0.2) is 0 Å². The molecule has 2 aromatic rings. The molecule has 1 atom stereocenters. The Bertz CT molecular complexity index is 1250. The Hall–Kier alpha value is -3.92. The molecule has 2 aromatic carbocycles. The number of hydrogen-bond donors (Lipinski definition) is 1. The normalized spacial score (nSPS) is 20.5. The van der Waals surface area contributed by atoms with Gasteiger partial charge in [0.1, 0.15) is 11.5 Å². The van der Waals surface area contributed by atoms with Gasteiger partial charge in [0, 0.05) is 24.2 Å². The van der Waals surface area contributed by atoms with E-state index in [0.29, 0.717) is 53.0 Å². The second kappa shape index (κ2) is 10.2. The smallest absolute Gasteiger partial charge is 0.295 e. The van der Waals surface area contributed by atoms with E-state index in [1.54, 1.807) is 30.3 Å². The number of likely N-dealkylation sites (tertiary alicyclic amines) is 2. The largest absolute Gasteiger partial charge is 0.507 e. The number of rotatable bonds is 8. The van der Waals surface area contributed by atoms with Gasteiger partial charge in [-0.05, 0) is 44.1 Å². The molecular weight excluding hydrogens is 480 g/mol. The number of Topliss-reactive ketones (excluding diaryl/α,β-unsaturated/α-hetero) is 1. The lowest BCUT2D eigenvalue weighted by molar-refractivity contribution is -0.140. The number of ketones is 1. The van der Waals surface area contributed by atoms with Gasteiger partial charge in [0.15, 0.2) is 11.5 Å². The van der Waals surface area contributed by atoms with Crippen LogP contribution in [0.3, 0.4) is 0 Å². The first-order valence-electron chi connectivity index (χ1n) is 12.2. The molecule has 0 unspecified atom stereocenters. The van der Waals surface area contributed by atoms with E-state index in [-0.39, 0.29) is 18.1 Å². The minimum Gasteiger partial charge on any atom is -0.507 e. The van der Waals surface area contributed by atoms with Crippen LogP contribution in [-0.2, 0) is 9.59 Å². The molecule has 3 aliphatic rings. The van der Waals surface area contributed by atoms with Crippen LogP contribution < -0.4 is 23.7 Å². The topological polar surface area (TPSA) is 107 Å². The maximum Gasteiger partial charge on any atom is 0.295 e. The van der Waals surface area contributed by atoms with Crippen molar-refractivity contribution in [3.05, 3.63) is 47.0 Å².